The molecule has 1 atom stereocenters. The first-order chi connectivity index (χ1) is 11.6. The quantitative estimate of drug-likeness (QED) is 0.847. The number of ether oxygens (including phenoxy) is 1. The number of benzene rings is 1. The van der Waals surface area contributed by atoms with E-state index in [1.165, 1.54) is 0 Å². The van der Waals surface area contributed by atoms with E-state index in [1.807, 2.05) is 51.2 Å². The summed E-state index contributed by atoms with van der Waals surface area (Å²) >= 11 is 0. The van der Waals surface area contributed by atoms with Gasteiger partial charge >= 0.3 is 5.97 Å². The monoisotopic (exact) mass is 343 g/mol. The van der Waals surface area contributed by atoms with Gasteiger partial charge in [0.1, 0.15) is 0 Å². The molecule has 1 N–H and O–H groups in total. The van der Waals surface area contributed by atoms with E-state index < -0.39 is 17.5 Å². The first-order valence-corrected chi connectivity index (χ1v) is 8.22. The normalized spacial score (nSPS) is 12.6. The van der Waals surface area contributed by atoms with Crippen molar-refractivity contribution in [2.45, 2.75) is 46.1 Å². The fraction of sp³-hybridized carbons (Fsp3) is 0.421. The Morgan fingerprint density at radius 3 is 2.32 bits per heavy atom. The summed E-state index contributed by atoms with van der Waals surface area (Å²) < 4.78 is 7.11. The van der Waals surface area contributed by atoms with Crippen LogP contribution in [0.5, 0.6) is 0 Å². The molecule has 0 radical (unpaired) electrons. The van der Waals surface area contributed by atoms with Gasteiger partial charge in [0, 0.05) is 7.05 Å². The van der Waals surface area contributed by atoms with Gasteiger partial charge in [-0.1, -0.05) is 30.3 Å². The molecule has 1 heterocycles. The maximum Gasteiger partial charge on any atom is 0.316 e. The number of aromatic nitrogens is 2. The lowest BCUT2D eigenvalue weighted by molar-refractivity contribution is -0.158. The molecule has 0 unspecified atom stereocenters. The third kappa shape index (κ3) is 3.90. The van der Waals surface area contributed by atoms with Crippen LogP contribution in [0.15, 0.2) is 30.3 Å². The van der Waals surface area contributed by atoms with Crippen molar-refractivity contribution in [3.05, 3.63) is 47.3 Å². The van der Waals surface area contributed by atoms with Crippen LogP contribution in [0, 0.1) is 13.8 Å². The summed E-state index contributed by atoms with van der Waals surface area (Å²) in [5, 5.41) is 7.05. The second-order valence-corrected chi connectivity index (χ2v) is 6.70. The molecule has 6 heteroatoms. The van der Waals surface area contributed by atoms with Crippen molar-refractivity contribution in [3.63, 3.8) is 0 Å². The number of nitrogens with zero attached hydrogens (tertiary/aromatic N) is 2. The van der Waals surface area contributed by atoms with E-state index in [0.717, 1.165) is 17.0 Å². The first kappa shape index (κ1) is 18.7. The van der Waals surface area contributed by atoms with Gasteiger partial charge in [0.15, 0.2) is 6.10 Å². The highest BCUT2D eigenvalue weighted by Crippen LogP contribution is 2.25. The predicted octanol–water partition coefficient (Wildman–Crippen LogP) is 2.88. The molecule has 134 valence electrons. The Balaban J connectivity index is 2.07. The molecule has 0 bridgehead atoms. The average Bonchev–Trinajstić information content (AvgIpc) is 2.81. The number of hydrogen-bond donors (Lipinski definition) is 1. The Kier molecular flexibility index (Phi) is 5.30. The zero-order valence-corrected chi connectivity index (χ0v) is 15.6. The third-order valence-electron chi connectivity index (χ3n) is 4.42. The molecular weight excluding hydrogens is 318 g/mol. The molecule has 0 aliphatic heterocycles. The number of amides is 1. The molecular formula is C19H25N3O3. The fourth-order valence-electron chi connectivity index (χ4n) is 2.51. The smallest absolute Gasteiger partial charge is 0.316 e. The number of aryl methyl sites for hydroxylation is 2. The summed E-state index contributed by atoms with van der Waals surface area (Å²) in [6, 6.07) is 9.37. The Hall–Kier alpha value is -2.63. The van der Waals surface area contributed by atoms with Crippen LogP contribution in [-0.4, -0.2) is 27.8 Å². The molecule has 0 aliphatic rings. The van der Waals surface area contributed by atoms with Crippen molar-refractivity contribution in [2.24, 2.45) is 7.05 Å². The minimum Gasteiger partial charge on any atom is -0.452 e. The van der Waals surface area contributed by atoms with E-state index in [2.05, 4.69) is 10.4 Å². The minimum absolute atomic E-state index is 0.378. The highest BCUT2D eigenvalue weighted by atomic mass is 16.5. The van der Waals surface area contributed by atoms with Crippen molar-refractivity contribution in [1.82, 2.24) is 9.78 Å². The maximum atomic E-state index is 12.6. The number of carbonyl (C=O) groups is 2. The molecule has 0 spiro atoms. The van der Waals surface area contributed by atoms with Gasteiger partial charge in [-0.15, -0.1) is 0 Å². The Labute approximate surface area is 148 Å². The average molecular weight is 343 g/mol. The van der Waals surface area contributed by atoms with Crippen LogP contribution in [0.25, 0.3) is 0 Å². The predicted molar refractivity (Wildman–Crippen MR) is 96.3 cm³/mol. The molecule has 0 saturated heterocycles. The van der Waals surface area contributed by atoms with Crippen LogP contribution in [-0.2, 0) is 26.8 Å². The van der Waals surface area contributed by atoms with Crippen molar-refractivity contribution in [2.75, 3.05) is 5.32 Å². The molecule has 25 heavy (non-hydrogen) atoms. The Morgan fingerprint density at radius 2 is 1.80 bits per heavy atom. The molecule has 1 aromatic heterocycles. The molecule has 2 rings (SSSR count). The summed E-state index contributed by atoms with van der Waals surface area (Å²) in [4.78, 5) is 25.0. The summed E-state index contributed by atoms with van der Waals surface area (Å²) in [6.45, 7) is 8.81. The van der Waals surface area contributed by atoms with E-state index in [-0.39, 0.29) is 5.91 Å². The van der Waals surface area contributed by atoms with Gasteiger partial charge in [0.2, 0.25) is 0 Å². The van der Waals surface area contributed by atoms with E-state index in [1.54, 1.807) is 25.5 Å². The Morgan fingerprint density at radius 1 is 1.20 bits per heavy atom. The fourth-order valence-corrected chi connectivity index (χ4v) is 2.51. The molecule has 0 fully saturated rings. The zero-order chi connectivity index (χ0) is 18.8. The third-order valence-corrected chi connectivity index (χ3v) is 4.42. The van der Waals surface area contributed by atoms with E-state index in [0.29, 0.717) is 5.69 Å². The SMILES string of the molecule is Cc1nn(C)c(C)c1NC(=O)[C@H](C)OC(=O)C(C)(C)c1ccccc1. The first-order valence-electron chi connectivity index (χ1n) is 8.22. The van der Waals surface area contributed by atoms with Gasteiger partial charge in [-0.25, -0.2) is 0 Å². The summed E-state index contributed by atoms with van der Waals surface area (Å²) in [7, 11) is 1.81. The van der Waals surface area contributed by atoms with Gasteiger partial charge in [-0.2, -0.15) is 5.10 Å². The highest BCUT2D eigenvalue weighted by molar-refractivity contribution is 5.96. The number of anilines is 1. The van der Waals surface area contributed by atoms with Crippen molar-refractivity contribution in [3.8, 4) is 0 Å². The molecule has 0 saturated carbocycles. The van der Waals surface area contributed by atoms with Crippen molar-refractivity contribution < 1.29 is 14.3 Å². The summed E-state index contributed by atoms with van der Waals surface area (Å²) in [5.41, 5.74) is 2.21. The van der Waals surface area contributed by atoms with Crippen molar-refractivity contribution in [1.29, 1.82) is 0 Å². The van der Waals surface area contributed by atoms with Gasteiger partial charge in [-0.3, -0.25) is 14.3 Å². The van der Waals surface area contributed by atoms with E-state index in [4.69, 9.17) is 4.74 Å². The maximum absolute atomic E-state index is 12.6. The topological polar surface area (TPSA) is 73.2 Å². The Bertz CT molecular complexity index is 779. The zero-order valence-electron chi connectivity index (χ0n) is 15.6. The lowest BCUT2D eigenvalue weighted by Gasteiger charge is -2.25. The van der Waals surface area contributed by atoms with Gasteiger partial charge in [0.25, 0.3) is 5.91 Å². The van der Waals surface area contributed by atoms with E-state index >= 15 is 0 Å². The van der Waals surface area contributed by atoms with Gasteiger partial charge in [-0.05, 0) is 40.2 Å². The molecule has 1 amide bonds. The number of esters is 1. The van der Waals surface area contributed by atoms with Gasteiger partial charge in [0.05, 0.1) is 22.5 Å². The molecule has 1 aromatic carbocycles. The number of rotatable bonds is 5. The molecule has 0 aliphatic carbocycles. The van der Waals surface area contributed by atoms with Crippen LogP contribution in [0.3, 0.4) is 0 Å². The number of carbonyl (C=O) groups excluding carboxylic acids is 2. The number of hydrogen-bond acceptors (Lipinski definition) is 4. The molecule has 2 aromatic rings. The van der Waals surface area contributed by atoms with Crippen LogP contribution >= 0.6 is 0 Å². The second-order valence-electron chi connectivity index (χ2n) is 6.70. The minimum atomic E-state index is -0.908. The largest absolute Gasteiger partial charge is 0.452 e. The standard InChI is InChI=1S/C19H25N3O3/c1-12-16(13(2)22(6)21-12)20-17(23)14(3)25-18(24)19(4,5)15-10-8-7-9-11-15/h7-11,14H,1-6H3,(H,20,23)/t14-/m0/s1. The van der Waals surface area contributed by atoms with E-state index in [9.17, 15) is 9.59 Å². The highest BCUT2D eigenvalue weighted by Gasteiger charge is 2.34. The number of nitrogens with one attached hydrogen (secondary N) is 1. The summed E-state index contributed by atoms with van der Waals surface area (Å²) in [6.07, 6.45) is -0.908. The van der Waals surface area contributed by atoms with Crippen LogP contribution in [0.1, 0.15) is 37.7 Å². The van der Waals surface area contributed by atoms with Crippen LogP contribution < -0.4 is 5.32 Å². The summed E-state index contributed by atoms with van der Waals surface area (Å²) in [5.74, 6) is -0.822. The lowest BCUT2D eigenvalue weighted by Crippen LogP contribution is -2.37. The van der Waals surface area contributed by atoms with Crippen molar-refractivity contribution >= 4 is 17.6 Å². The molecule has 6 nitrogen and oxygen atoms in total. The van der Waals surface area contributed by atoms with Crippen LogP contribution in [0.4, 0.5) is 5.69 Å². The lowest BCUT2D eigenvalue weighted by atomic mass is 9.85. The second kappa shape index (κ2) is 7.09. The van der Waals surface area contributed by atoms with Crippen LogP contribution in [0.2, 0.25) is 0 Å². The van der Waals surface area contributed by atoms with Gasteiger partial charge < -0.3 is 10.1 Å².